The first-order valence-electron chi connectivity index (χ1n) is 7.39. The van der Waals surface area contributed by atoms with E-state index in [1.807, 2.05) is 37.3 Å². The summed E-state index contributed by atoms with van der Waals surface area (Å²) in [7, 11) is -3.32. The predicted octanol–water partition coefficient (Wildman–Crippen LogP) is 0.839. The van der Waals surface area contributed by atoms with Gasteiger partial charge in [0.25, 0.3) is 0 Å². The number of primary amides is 1. The Morgan fingerprint density at radius 3 is 2.59 bits per heavy atom. The van der Waals surface area contributed by atoms with Gasteiger partial charge in [-0.15, -0.1) is 0 Å². The number of ether oxygens (including phenoxy) is 1. The van der Waals surface area contributed by atoms with E-state index >= 15 is 0 Å². The van der Waals surface area contributed by atoms with E-state index in [0.717, 1.165) is 0 Å². The lowest BCUT2D eigenvalue weighted by Crippen LogP contribution is -2.33. The standard InChI is InChI=1S/C15H22N2O4S/c1-2-8-22(19,20)17-9-12(14(10-17)15(16)18)11-21-13-6-4-3-5-7-13/h3-7,12,14H,2,8-11H2,1H3,(H2,16,18)/t12-,14+/m0/s1. The zero-order chi connectivity index (χ0) is 16.2. The van der Waals surface area contributed by atoms with Gasteiger partial charge in [-0.2, -0.15) is 0 Å². The number of sulfonamides is 1. The number of nitrogens with zero attached hydrogens (tertiary/aromatic N) is 1. The van der Waals surface area contributed by atoms with Gasteiger partial charge < -0.3 is 10.5 Å². The van der Waals surface area contributed by atoms with E-state index in [1.54, 1.807) is 0 Å². The SMILES string of the molecule is CCCS(=O)(=O)N1C[C@@H](COc2ccccc2)[C@H](C(N)=O)C1. The molecule has 0 spiro atoms. The molecule has 0 aromatic heterocycles. The molecule has 22 heavy (non-hydrogen) atoms. The lowest BCUT2D eigenvalue weighted by Gasteiger charge is -2.16. The van der Waals surface area contributed by atoms with Crippen LogP contribution in [0.4, 0.5) is 0 Å². The molecule has 1 aliphatic heterocycles. The minimum Gasteiger partial charge on any atom is -0.493 e. The van der Waals surface area contributed by atoms with Gasteiger partial charge in [-0.05, 0) is 18.6 Å². The van der Waals surface area contributed by atoms with Crippen LogP contribution < -0.4 is 10.5 Å². The van der Waals surface area contributed by atoms with E-state index in [1.165, 1.54) is 4.31 Å². The van der Waals surface area contributed by atoms with Gasteiger partial charge in [-0.3, -0.25) is 4.79 Å². The molecule has 7 heteroatoms. The Morgan fingerprint density at radius 2 is 2.00 bits per heavy atom. The summed E-state index contributed by atoms with van der Waals surface area (Å²) in [4.78, 5) is 11.6. The largest absolute Gasteiger partial charge is 0.493 e. The van der Waals surface area contributed by atoms with Crippen molar-refractivity contribution in [1.29, 1.82) is 0 Å². The Labute approximate surface area is 131 Å². The minimum absolute atomic E-state index is 0.0880. The number of carbonyl (C=O) groups excluding carboxylic acids is 1. The number of hydrogen-bond donors (Lipinski definition) is 1. The molecule has 0 radical (unpaired) electrons. The normalized spacial score (nSPS) is 22.6. The highest BCUT2D eigenvalue weighted by Crippen LogP contribution is 2.27. The van der Waals surface area contributed by atoms with Crippen LogP contribution in [0, 0.1) is 11.8 Å². The molecule has 1 aromatic carbocycles. The van der Waals surface area contributed by atoms with Crippen LogP contribution in [0.5, 0.6) is 5.75 Å². The van der Waals surface area contributed by atoms with Gasteiger partial charge in [-0.1, -0.05) is 25.1 Å². The third-order valence-electron chi connectivity index (χ3n) is 3.84. The van der Waals surface area contributed by atoms with Crippen molar-refractivity contribution in [3.05, 3.63) is 30.3 Å². The van der Waals surface area contributed by atoms with Crippen LogP contribution in [-0.4, -0.2) is 44.1 Å². The molecular weight excluding hydrogens is 304 g/mol. The molecule has 0 unspecified atom stereocenters. The van der Waals surface area contributed by atoms with Crippen LogP contribution in [-0.2, 0) is 14.8 Å². The van der Waals surface area contributed by atoms with E-state index < -0.39 is 21.8 Å². The summed E-state index contributed by atoms with van der Waals surface area (Å²) >= 11 is 0. The van der Waals surface area contributed by atoms with Crippen molar-refractivity contribution in [2.24, 2.45) is 17.6 Å². The summed E-state index contributed by atoms with van der Waals surface area (Å²) in [5.74, 6) is -0.416. The molecule has 122 valence electrons. The van der Waals surface area contributed by atoms with Crippen molar-refractivity contribution in [2.45, 2.75) is 13.3 Å². The second kappa shape index (κ2) is 7.11. The number of carbonyl (C=O) groups is 1. The summed E-state index contributed by atoms with van der Waals surface area (Å²) in [6.45, 7) is 2.52. The monoisotopic (exact) mass is 326 g/mol. The molecule has 0 saturated carbocycles. The summed E-state index contributed by atoms with van der Waals surface area (Å²) in [6, 6.07) is 9.23. The molecule has 0 bridgehead atoms. The van der Waals surface area contributed by atoms with E-state index in [2.05, 4.69) is 0 Å². The van der Waals surface area contributed by atoms with Gasteiger partial charge in [0.05, 0.1) is 18.3 Å². The fourth-order valence-electron chi connectivity index (χ4n) is 2.66. The molecular formula is C15H22N2O4S. The van der Waals surface area contributed by atoms with Gasteiger partial charge in [0.1, 0.15) is 5.75 Å². The summed E-state index contributed by atoms with van der Waals surface area (Å²) in [5.41, 5.74) is 5.42. The fraction of sp³-hybridized carbons (Fsp3) is 0.533. The number of hydrogen-bond acceptors (Lipinski definition) is 4. The Kier molecular flexibility index (Phi) is 5.42. The Balaban J connectivity index is 2.04. The van der Waals surface area contributed by atoms with Crippen LogP contribution in [0.15, 0.2) is 30.3 Å². The number of amides is 1. The van der Waals surface area contributed by atoms with Crippen molar-refractivity contribution in [1.82, 2.24) is 4.31 Å². The Bertz CT molecular complexity index is 603. The molecule has 1 aliphatic rings. The molecule has 1 amide bonds. The smallest absolute Gasteiger partial charge is 0.222 e. The Hall–Kier alpha value is -1.60. The maximum Gasteiger partial charge on any atom is 0.222 e. The van der Waals surface area contributed by atoms with Gasteiger partial charge in [0.2, 0.25) is 15.9 Å². The topological polar surface area (TPSA) is 89.7 Å². The minimum atomic E-state index is -3.32. The first-order valence-corrected chi connectivity index (χ1v) is 9.00. The molecule has 2 rings (SSSR count). The number of nitrogens with two attached hydrogens (primary N) is 1. The van der Waals surface area contributed by atoms with Crippen molar-refractivity contribution >= 4 is 15.9 Å². The molecule has 1 fully saturated rings. The van der Waals surface area contributed by atoms with Crippen LogP contribution in [0.1, 0.15) is 13.3 Å². The molecule has 1 saturated heterocycles. The van der Waals surface area contributed by atoms with Gasteiger partial charge in [-0.25, -0.2) is 12.7 Å². The molecule has 6 nitrogen and oxygen atoms in total. The van der Waals surface area contributed by atoms with E-state index in [0.29, 0.717) is 12.2 Å². The zero-order valence-electron chi connectivity index (χ0n) is 12.6. The summed E-state index contributed by atoms with van der Waals surface area (Å²) in [5, 5.41) is 0. The van der Waals surface area contributed by atoms with Crippen LogP contribution >= 0.6 is 0 Å². The molecule has 0 aliphatic carbocycles. The van der Waals surface area contributed by atoms with Gasteiger partial charge in [0, 0.05) is 19.0 Å². The van der Waals surface area contributed by atoms with E-state index in [-0.39, 0.29) is 31.4 Å². The van der Waals surface area contributed by atoms with Crippen LogP contribution in [0.2, 0.25) is 0 Å². The third-order valence-corrected chi connectivity index (χ3v) is 5.84. The van der Waals surface area contributed by atoms with Crippen molar-refractivity contribution < 1.29 is 17.9 Å². The third kappa shape index (κ3) is 3.98. The molecule has 1 heterocycles. The lowest BCUT2D eigenvalue weighted by molar-refractivity contribution is -0.122. The average Bonchev–Trinajstić information content (AvgIpc) is 2.91. The maximum absolute atomic E-state index is 12.2. The highest BCUT2D eigenvalue weighted by Gasteiger charge is 2.41. The lowest BCUT2D eigenvalue weighted by atomic mass is 9.96. The van der Waals surface area contributed by atoms with Crippen LogP contribution in [0.25, 0.3) is 0 Å². The predicted molar refractivity (Wildman–Crippen MR) is 83.8 cm³/mol. The highest BCUT2D eigenvalue weighted by atomic mass is 32.2. The number of rotatable bonds is 7. The van der Waals surface area contributed by atoms with E-state index in [4.69, 9.17) is 10.5 Å². The summed E-state index contributed by atoms with van der Waals surface area (Å²) < 4.78 is 31.3. The number of benzene rings is 1. The zero-order valence-corrected chi connectivity index (χ0v) is 13.5. The second-order valence-electron chi connectivity index (χ2n) is 5.53. The van der Waals surface area contributed by atoms with Crippen molar-refractivity contribution in [3.8, 4) is 5.75 Å². The Morgan fingerprint density at radius 1 is 1.32 bits per heavy atom. The molecule has 2 N–H and O–H groups in total. The maximum atomic E-state index is 12.2. The second-order valence-corrected chi connectivity index (χ2v) is 7.61. The average molecular weight is 326 g/mol. The fourth-order valence-corrected chi connectivity index (χ4v) is 4.24. The quantitative estimate of drug-likeness (QED) is 0.804. The van der Waals surface area contributed by atoms with E-state index in [9.17, 15) is 13.2 Å². The molecule has 2 atom stereocenters. The first kappa shape index (κ1) is 16.8. The summed E-state index contributed by atoms with van der Waals surface area (Å²) in [6.07, 6.45) is 0.547. The van der Waals surface area contributed by atoms with Gasteiger partial charge in [0.15, 0.2) is 0 Å². The molecule has 1 aromatic rings. The first-order chi connectivity index (χ1) is 10.4. The van der Waals surface area contributed by atoms with Crippen molar-refractivity contribution in [3.63, 3.8) is 0 Å². The number of para-hydroxylation sites is 1. The highest BCUT2D eigenvalue weighted by molar-refractivity contribution is 7.89. The van der Waals surface area contributed by atoms with Gasteiger partial charge >= 0.3 is 0 Å². The van der Waals surface area contributed by atoms with Crippen LogP contribution in [0.3, 0.4) is 0 Å². The van der Waals surface area contributed by atoms with Crippen molar-refractivity contribution in [2.75, 3.05) is 25.4 Å².